The second kappa shape index (κ2) is 5.62. The van der Waals surface area contributed by atoms with Gasteiger partial charge in [-0.05, 0) is 18.6 Å². The minimum Gasteiger partial charge on any atom is -0.305 e. The van der Waals surface area contributed by atoms with E-state index >= 15 is 0 Å². The number of nitrogens with one attached hydrogen (secondary N) is 2. The number of amides is 1. The molecule has 2 aromatic heterocycles. The smallest absolute Gasteiger partial charge is 0.260 e. The Bertz CT molecular complexity index is 744. The number of hydrogen-bond donors (Lipinski definition) is 2. The standard InChI is InChI=1S/C15H15N5O/c1-2-12-8-14(19-18-12)17-15(21)11-9-16-20(10-11)13-6-4-3-5-7-13/h3-10H,2H2,1H3,(H2,17,18,19,21). The zero-order valence-corrected chi connectivity index (χ0v) is 11.6. The van der Waals surface area contributed by atoms with E-state index in [1.165, 1.54) is 6.20 Å². The number of aromatic nitrogens is 4. The van der Waals surface area contributed by atoms with E-state index < -0.39 is 0 Å². The molecule has 0 aliphatic heterocycles. The highest BCUT2D eigenvalue weighted by molar-refractivity contribution is 6.03. The third-order valence-electron chi connectivity index (χ3n) is 3.12. The molecule has 21 heavy (non-hydrogen) atoms. The summed E-state index contributed by atoms with van der Waals surface area (Å²) in [6.07, 6.45) is 4.07. The third kappa shape index (κ3) is 2.84. The number of carbonyl (C=O) groups excluding carboxylic acids is 1. The van der Waals surface area contributed by atoms with Gasteiger partial charge in [-0.15, -0.1) is 0 Å². The van der Waals surface area contributed by atoms with Crippen LogP contribution in [-0.4, -0.2) is 25.9 Å². The van der Waals surface area contributed by atoms with E-state index in [1.807, 2.05) is 43.3 Å². The Kier molecular flexibility index (Phi) is 3.51. The lowest BCUT2D eigenvalue weighted by Gasteiger charge is -1.99. The van der Waals surface area contributed by atoms with Crippen LogP contribution in [-0.2, 0) is 6.42 Å². The molecule has 0 bridgehead atoms. The number of benzene rings is 1. The average molecular weight is 281 g/mol. The maximum Gasteiger partial charge on any atom is 0.260 e. The van der Waals surface area contributed by atoms with E-state index in [0.29, 0.717) is 11.4 Å². The van der Waals surface area contributed by atoms with Gasteiger partial charge in [-0.1, -0.05) is 25.1 Å². The summed E-state index contributed by atoms with van der Waals surface area (Å²) in [6.45, 7) is 2.02. The van der Waals surface area contributed by atoms with Crippen LogP contribution in [0.15, 0.2) is 48.8 Å². The Morgan fingerprint density at radius 2 is 2.14 bits per heavy atom. The van der Waals surface area contributed by atoms with Crippen molar-refractivity contribution in [2.75, 3.05) is 5.32 Å². The Morgan fingerprint density at radius 1 is 1.33 bits per heavy atom. The summed E-state index contributed by atoms with van der Waals surface area (Å²) in [5.74, 6) is 0.288. The van der Waals surface area contributed by atoms with Gasteiger partial charge >= 0.3 is 0 Å². The maximum atomic E-state index is 12.1. The van der Waals surface area contributed by atoms with Gasteiger partial charge in [-0.2, -0.15) is 10.2 Å². The first kappa shape index (κ1) is 13.1. The van der Waals surface area contributed by atoms with Gasteiger partial charge < -0.3 is 5.32 Å². The van der Waals surface area contributed by atoms with Crippen molar-refractivity contribution >= 4 is 11.7 Å². The molecule has 0 saturated carbocycles. The van der Waals surface area contributed by atoms with E-state index in [-0.39, 0.29) is 5.91 Å². The van der Waals surface area contributed by atoms with Crippen LogP contribution >= 0.6 is 0 Å². The molecular formula is C15H15N5O. The van der Waals surface area contributed by atoms with Gasteiger partial charge in [0.05, 0.1) is 17.4 Å². The van der Waals surface area contributed by atoms with Gasteiger partial charge in [0.2, 0.25) is 0 Å². The van der Waals surface area contributed by atoms with Crippen molar-refractivity contribution in [3.63, 3.8) is 0 Å². The Labute approximate surface area is 121 Å². The SMILES string of the molecule is CCc1cc(NC(=O)c2cnn(-c3ccccc3)c2)n[nH]1. The predicted octanol–water partition coefficient (Wildman–Crippen LogP) is 2.41. The third-order valence-corrected chi connectivity index (χ3v) is 3.12. The first-order valence-corrected chi connectivity index (χ1v) is 6.72. The fraction of sp³-hybridized carbons (Fsp3) is 0.133. The van der Waals surface area contributed by atoms with Crippen molar-refractivity contribution in [3.05, 3.63) is 60.0 Å². The number of nitrogens with zero attached hydrogens (tertiary/aromatic N) is 3. The molecule has 0 spiro atoms. The molecule has 0 radical (unpaired) electrons. The van der Waals surface area contributed by atoms with Crippen LogP contribution in [0.2, 0.25) is 0 Å². The van der Waals surface area contributed by atoms with Gasteiger partial charge in [-0.25, -0.2) is 4.68 Å². The topological polar surface area (TPSA) is 75.6 Å². The van der Waals surface area contributed by atoms with Crippen LogP contribution in [0.1, 0.15) is 23.0 Å². The number of carbonyl (C=O) groups is 1. The normalized spacial score (nSPS) is 10.5. The highest BCUT2D eigenvalue weighted by Crippen LogP contribution is 2.11. The zero-order chi connectivity index (χ0) is 14.7. The van der Waals surface area contributed by atoms with Crippen LogP contribution in [0.4, 0.5) is 5.82 Å². The van der Waals surface area contributed by atoms with E-state index in [0.717, 1.165) is 17.8 Å². The van der Waals surface area contributed by atoms with Crippen LogP contribution in [0.3, 0.4) is 0 Å². The van der Waals surface area contributed by atoms with Gasteiger partial charge in [-0.3, -0.25) is 9.89 Å². The van der Waals surface area contributed by atoms with E-state index in [1.54, 1.807) is 10.9 Å². The van der Waals surface area contributed by atoms with E-state index in [2.05, 4.69) is 20.6 Å². The van der Waals surface area contributed by atoms with Crippen LogP contribution in [0, 0.1) is 0 Å². The molecule has 0 unspecified atom stereocenters. The fourth-order valence-corrected chi connectivity index (χ4v) is 1.96. The van der Waals surface area contributed by atoms with Crippen LogP contribution in [0.25, 0.3) is 5.69 Å². The second-order valence-corrected chi connectivity index (χ2v) is 4.60. The summed E-state index contributed by atoms with van der Waals surface area (Å²) in [5.41, 5.74) is 2.37. The molecule has 2 N–H and O–H groups in total. The molecule has 3 rings (SSSR count). The van der Waals surface area contributed by atoms with Crippen molar-refractivity contribution < 1.29 is 4.79 Å². The Balaban J connectivity index is 1.75. The zero-order valence-electron chi connectivity index (χ0n) is 11.6. The molecule has 3 aromatic rings. The number of rotatable bonds is 4. The summed E-state index contributed by atoms with van der Waals surface area (Å²) < 4.78 is 1.66. The number of aryl methyl sites for hydroxylation is 1. The molecule has 1 amide bonds. The number of anilines is 1. The first-order valence-electron chi connectivity index (χ1n) is 6.72. The highest BCUT2D eigenvalue weighted by atomic mass is 16.1. The second-order valence-electron chi connectivity index (χ2n) is 4.60. The lowest BCUT2D eigenvalue weighted by molar-refractivity contribution is 0.102. The van der Waals surface area contributed by atoms with Crippen molar-refractivity contribution in [1.29, 1.82) is 0 Å². The predicted molar refractivity (Wildman–Crippen MR) is 79.5 cm³/mol. The molecule has 0 fully saturated rings. The molecule has 2 heterocycles. The number of aromatic amines is 1. The van der Waals surface area contributed by atoms with Crippen molar-refractivity contribution in [2.24, 2.45) is 0 Å². The molecule has 0 aliphatic carbocycles. The molecule has 0 aliphatic rings. The maximum absolute atomic E-state index is 12.1. The van der Waals surface area contributed by atoms with E-state index in [9.17, 15) is 4.79 Å². The molecular weight excluding hydrogens is 266 g/mol. The molecule has 1 aromatic carbocycles. The van der Waals surface area contributed by atoms with E-state index in [4.69, 9.17) is 0 Å². The molecule has 6 nitrogen and oxygen atoms in total. The summed E-state index contributed by atoms with van der Waals surface area (Å²) >= 11 is 0. The van der Waals surface area contributed by atoms with Gasteiger partial charge in [0.1, 0.15) is 0 Å². The molecule has 0 saturated heterocycles. The van der Waals surface area contributed by atoms with Crippen molar-refractivity contribution in [2.45, 2.75) is 13.3 Å². The fourth-order valence-electron chi connectivity index (χ4n) is 1.96. The monoisotopic (exact) mass is 281 g/mol. The molecule has 0 atom stereocenters. The number of H-pyrrole nitrogens is 1. The summed E-state index contributed by atoms with van der Waals surface area (Å²) in [6, 6.07) is 11.5. The average Bonchev–Trinajstić information content (AvgIpc) is 3.17. The number of para-hydroxylation sites is 1. The minimum atomic E-state index is -0.230. The van der Waals surface area contributed by atoms with Gasteiger partial charge in [0.15, 0.2) is 5.82 Å². The Hall–Kier alpha value is -2.89. The van der Waals surface area contributed by atoms with Crippen molar-refractivity contribution in [1.82, 2.24) is 20.0 Å². The summed E-state index contributed by atoms with van der Waals surface area (Å²) in [4.78, 5) is 12.1. The molecule has 106 valence electrons. The quantitative estimate of drug-likeness (QED) is 0.771. The highest BCUT2D eigenvalue weighted by Gasteiger charge is 2.11. The minimum absolute atomic E-state index is 0.230. The molecule has 6 heteroatoms. The van der Waals surface area contributed by atoms with Crippen LogP contribution < -0.4 is 5.32 Å². The summed E-state index contributed by atoms with van der Waals surface area (Å²) in [5, 5.41) is 13.8. The largest absolute Gasteiger partial charge is 0.305 e. The lowest BCUT2D eigenvalue weighted by atomic mass is 10.3. The number of hydrogen-bond acceptors (Lipinski definition) is 3. The van der Waals surface area contributed by atoms with Crippen molar-refractivity contribution in [3.8, 4) is 5.69 Å². The Morgan fingerprint density at radius 3 is 2.86 bits per heavy atom. The summed E-state index contributed by atoms with van der Waals surface area (Å²) in [7, 11) is 0. The lowest BCUT2D eigenvalue weighted by Crippen LogP contribution is -2.11. The van der Waals surface area contributed by atoms with Gasteiger partial charge in [0, 0.05) is 18.0 Å². The first-order chi connectivity index (χ1) is 10.3. The van der Waals surface area contributed by atoms with Crippen LogP contribution in [0.5, 0.6) is 0 Å². The van der Waals surface area contributed by atoms with Gasteiger partial charge in [0.25, 0.3) is 5.91 Å².